The minimum atomic E-state index is -0.844. The number of pyridine rings is 1. The van der Waals surface area contributed by atoms with E-state index in [9.17, 15) is 13.6 Å². The fourth-order valence-electron chi connectivity index (χ4n) is 2.20. The van der Waals surface area contributed by atoms with E-state index in [1.165, 1.54) is 6.07 Å². The van der Waals surface area contributed by atoms with Gasteiger partial charge >= 0.3 is 6.03 Å². The van der Waals surface area contributed by atoms with E-state index in [1.807, 2.05) is 12.1 Å². The van der Waals surface area contributed by atoms with Crippen molar-refractivity contribution in [1.82, 2.24) is 20.5 Å². The first-order chi connectivity index (χ1) is 13.6. The Kier molecular flexibility index (Phi) is 6.24. The third kappa shape index (κ3) is 5.34. The van der Waals surface area contributed by atoms with Crippen molar-refractivity contribution >= 4 is 29.2 Å². The molecule has 0 atom stereocenters. The molecule has 2 amide bonds. The first kappa shape index (κ1) is 19.0. The first-order valence-corrected chi connectivity index (χ1v) is 8.36. The number of carbonyl (C=O) groups is 1. The summed E-state index contributed by atoms with van der Waals surface area (Å²) in [5.41, 5.74) is -0.491. The maximum Gasteiger partial charge on any atom is 0.319 e. The van der Waals surface area contributed by atoms with E-state index < -0.39 is 23.4 Å². The quantitative estimate of drug-likeness (QED) is 0.466. The summed E-state index contributed by atoms with van der Waals surface area (Å²) in [4.78, 5) is 15.8. The van der Waals surface area contributed by atoms with Crippen molar-refractivity contribution in [3.63, 3.8) is 0 Å². The summed E-state index contributed by atoms with van der Waals surface area (Å²) >= 11 is 0. The predicted octanol–water partition coefficient (Wildman–Crippen LogP) is 3.13. The number of aromatic nitrogens is 3. The molecule has 4 N–H and O–H groups in total. The summed E-state index contributed by atoms with van der Waals surface area (Å²) < 4.78 is 26.9. The van der Waals surface area contributed by atoms with E-state index in [2.05, 4.69) is 36.4 Å². The molecule has 28 heavy (non-hydrogen) atoms. The Morgan fingerprint density at radius 1 is 0.857 bits per heavy atom. The SMILES string of the molecule is O=C(NCCNc1ccc(Nc2ccccn2)nn1)Nc1c(F)cccc1F. The Hall–Kier alpha value is -3.82. The highest BCUT2D eigenvalue weighted by Crippen LogP contribution is 2.17. The average Bonchev–Trinajstić information content (AvgIpc) is 2.70. The molecule has 0 unspecified atom stereocenters. The van der Waals surface area contributed by atoms with Crippen LogP contribution in [-0.2, 0) is 0 Å². The highest BCUT2D eigenvalue weighted by molar-refractivity contribution is 5.89. The molecule has 10 heteroatoms. The Morgan fingerprint density at radius 3 is 2.29 bits per heavy atom. The van der Waals surface area contributed by atoms with E-state index >= 15 is 0 Å². The van der Waals surface area contributed by atoms with Gasteiger partial charge in [0.1, 0.15) is 29.0 Å². The zero-order valence-electron chi connectivity index (χ0n) is 14.6. The Labute approximate surface area is 159 Å². The number of benzene rings is 1. The summed E-state index contributed by atoms with van der Waals surface area (Å²) in [6.45, 7) is 0.548. The molecular formula is C18H17F2N7O. The maximum absolute atomic E-state index is 13.5. The van der Waals surface area contributed by atoms with Crippen LogP contribution in [0.25, 0.3) is 0 Å². The fraction of sp³-hybridized carbons (Fsp3) is 0.111. The van der Waals surface area contributed by atoms with Gasteiger partial charge in [-0.05, 0) is 36.4 Å². The Morgan fingerprint density at radius 2 is 1.61 bits per heavy atom. The normalized spacial score (nSPS) is 10.2. The van der Waals surface area contributed by atoms with Gasteiger partial charge in [-0.15, -0.1) is 10.2 Å². The molecule has 0 radical (unpaired) electrons. The summed E-state index contributed by atoms with van der Waals surface area (Å²) in [6.07, 6.45) is 1.66. The first-order valence-electron chi connectivity index (χ1n) is 8.36. The van der Waals surface area contributed by atoms with Gasteiger partial charge in [0.2, 0.25) is 0 Å². The largest absolute Gasteiger partial charge is 0.367 e. The van der Waals surface area contributed by atoms with Gasteiger partial charge in [-0.25, -0.2) is 18.6 Å². The van der Waals surface area contributed by atoms with Crippen LogP contribution in [0.3, 0.4) is 0 Å². The topological polar surface area (TPSA) is 104 Å². The highest BCUT2D eigenvalue weighted by atomic mass is 19.1. The van der Waals surface area contributed by atoms with E-state index in [0.717, 1.165) is 12.1 Å². The smallest absolute Gasteiger partial charge is 0.319 e. The van der Waals surface area contributed by atoms with E-state index in [1.54, 1.807) is 24.4 Å². The van der Waals surface area contributed by atoms with Gasteiger partial charge in [-0.3, -0.25) is 0 Å². The summed E-state index contributed by atoms with van der Waals surface area (Å²) in [5.74, 6) is 0.00695. The molecule has 0 bridgehead atoms. The van der Waals surface area contributed by atoms with Crippen LogP contribution in [0.2, 0.25) is 0 Å². The summed E-state index contributed by atoms with van der Waals surface area (Å²) in [5, 5.41) is 18.6. The minimum Gasteiger partial charge on any atom is -0.367 e. The molecule has 0 saturated carbocycles. The van der Waals surface area contributed by atoms with E-state index in [-0.39, 0.29) is 6.54 Å². The number of nitrogens with one attached hydrogen (secondary N) is 4. The van der Waals surface area contributed by atoms with E-state index in [4.69, 9.17) is 0 Å². The van der Waals surface area contributed by atoms with Gasteiger partial charge in [-0.2, -0.15) is 0 Å². The zero-order chi connectivity index (χ0) is 19.8. The monoisotopic (exact) mass is 385 g/mol. The molecular weight excluding hydrogens is 368 g/mol. The third-order valence-corrected chi connectivity index (χ3v) is 3.50. The molecule has 144 valence electrons. The molecule has 3 rings (SSSR count). The lowest BCUT2D eigenvalue weighted by Crippen LogP contribution is -2.33. The molecule has 0 aliphatic heterocycles. The number of para-hydroxylation sites is 1. The molecule has 3 aromatic rings. The number of anilines is 4. The summed E-state index contributed by atoms with van der Waals surface area (Å²) in [7, 11) is 0. The molecule has 0 saturated heterocycles. The number of rotatable bonds is 7. The van der Waals surface area contributed by atoms with Crippen LogP contribution in [0.15, 0.2) is 54.7 Å². The minimum absolute atomic E-state index is 0.206. The van der Waals surface area contributed by atoms with E-state index in [0.29, 0.717) is 24.0 Å². The van der Waals surface area contributed by atoms with Crippen molar-refractivity contribution in [3.8, 4) is 0 Å². The lowest BCUT2D eigenvalue weighted by Gasteiger charge is -2.10. The number of hydrogen-bond donors (Lipinski definition) is 4. The van der Waals surface area contributed by atoms with Crippen LogP contribution in [0, 0.1) is 11.6 Å². The zero-order valence-corrected chi connectivity index (χ0v) is 14.6. The second-order valence-corrected chi connectivity index (χ2v) is 5.55. The van der Waals surface area contributed by atoms with Crippen molar-refractivity contribution in [3.05, 3.63) is 66.4 Å². The van der Waals surface area contributed by atoms with Crippen LogP contribution in [0.5, 0.6) is 0 Å². The molecule has 2 heterocycles. The average molecular weight is 385 g/mol. The second-order valence-electron chi connectivity index (χ2n) is 5.55. The molecule has 1 aromatic carbocycles. The fourth-order valence-corrected chi connectivity index (χ4v) is 2.20. The molecule has 0 spiro atoms. The van der Waals surface area contributed by atoms with Crippen molar-refractivity contribution in [2.75, 3.05) is 29.0 Å². The number of hydrogen-bond acceptors (Lipinski definition) is 6. The van der Waals surface area contributed by atoms with Crippen molar-refractivity contribution in [1.29, 1.82) is 0 Å². The van der Waals surface area contributed by atoms with Crippen molar-refractivity contribution in [2.45, 2.75) is 0 Å². The highest BCUT2D eigenvalue weighted by Gasteiger charge is 2.11. The van der Waals surface area contributed by atoms with Crippen molar-refractivity contribution in [2.24, 2.45) is 0 Å². The number of nitrogens with zero attached hydrogens (tertiary/aromatic N) is 3. The van der Waals surface area contributed by atoms with Gasteiger partial charge in [0, 0.05) is 19.3 Å². The molecule has 8 nitrogen and oxygen atoms in total. The van der Waals surface area contributed by atoms with Crippen LogP contribution in [0.1, 0.15) is 0 Å². The van der Waals surface area contributed by atoms with Gasteiger partial charge in [0.05, 0.1) is 0 Å². The van der Waals surface area contributed by atoms with Gasteiger partial charge in [0.25, 0.3) is 0 Å². The lowest BCUT2D eigenvalue weighted by atomic mass is 10.3. The maximum atomic E-state index is 13.5. The molecule has 0 aliphatic carbocycles. The molecule has 0 fully saturated rings. The Bertz CT molecular complexity index is 903. The standard InChI is InChI=1S/C18H17F2N7O/c19-12-4-3-5-13(20)17(12)25-18(28)23-11-10-22-15-7-8-16(27-26-15)24-14-6-1-2-9-21-14/h1-9H,10-11H2,(H,22,26)(H,21,24,27)(H2,23,25,28). The van der Waals surface area contributed by atoms with Crippen LogP contribution in [-0.4, -0.2) is 34.3 Å². The van der Waals surface area contributed by atoms with Crippen molar-refractivity contribution < 1.29 is 13.6 Å². The number of carbonyl (C=O) groups excluding carboxylic acids is 1. The second kappa shape index (κ2) is 9.21. The van der Waals surface area contributed by atoms with Gasteiger partial charge in [0.15, 0.2) is 5.82 Å². The van der Waals surface area contributed by atoms with Gasteiger partial charge in [-0.1, -0.05) is 12.1 Å². The third-order valence-electron chi connectivity index (χ3n) is 3.50. The Balaban J connectivity index is 1.41. The summed E-state index contributed by atoms with van der Waals surface area (Å²) in [6, 6.07) is 11.5. The lowest BCUT2D eigenvalue weighted by molar-refractivity contribution is 0.252. The molecule has 2 aromatic heterocycles. The number of urea groups is 1. The predicted molar refractivity (Wildman–Crippen MR) is 101 cm³/mol. The number of amides is 2. The van der Waals surface area contributed by atoms with Crippen LogP contribution < -0.4 is 21.3 Å². The molecule has 0 aliphatic rings. The van der Waals surface area contributed by atoms with Gasteiger partial charge < -0.3 is 21.3 Å². The van der Waals surface area contributed by atoms with Crippen LogP contribution >= 0.6 is 0 Å². The number of halogens is 2. The van der Waals surface area contributed by atoms with Crippen LogP contribution in [0.4, 0.5) is 36.7 Å².